The van der Waals surface area contributed by atoms with Gasteiger partial charge in [0.2, 0.25) is 0 Å². The number of aliphatic carboxylic acids is 1. The van der Waals surface area contributed by atoms with E-state index in [0.717, 1.165) is 18.6 Å². The van der Waals surface area contributed by atoms with E-state index in [0.29, 0.717) is 24.7 Å². The number of carboxylic acids is 1. The van der Waals surface area contributed by atoms with Crippen molar-refractivity contribution >= 4 is 5.97 Å². The monoisotopic (exact) mass is 416 g/mol. The SMILES string of the molecule is CCCOC(C)(C(=O)O)c1ccc(OCCC2c3ccccc3-c3ccccc32)cc1. The topological polar surface area (TPSA) is 55.8 Å². The number of carboxylic acid groups (broad SMARTS) is 1. The minimum absolute atomic E-state index is 0.324. The van der Waals surface area contributed by atoms with Gasteiger partial charge in [0.05, 0.1) is 6.61 Å². The highest BCUT2D eigenvalue weighted by molar-refractivity contribution is 5.79. The van der Waals surface area contributed by atoms with E-state index in [4.69, 9.17) is 9.47 Å². The molecule has 1 atom stereocenters. The van der Waals surface area contributed by atoms with Crippen LogP contribution in [0.3, 0.4) is 0 Å². The second-order valence-electron chi connectivity index (χ2n) is 8.08. The van der Waals surface area contributed by atoms with E-state index in [1.165, 1.54) is 22.3 Å². The highest BCUT2D eigenvalue weighted by Crippen LogP contribution is 2.46. The van der Waals surface area contributed by atoms with E-state index in [1.807, 2.05) is 19.1 Å². The average molecular weight is 417 g/mol. The van der Waals surface area contributed by atoms with Crippen molar-refractivity contribution in [2.24, 2.45) is 0 Å². The lowest BCUT2D eigenvalue weighted by Gasteiger charge is -2.26. The minimum atomic E-state index is -1.36. The van der Waals surface area contributed by atoms with Gasteiger partial charge in [0.25, 0.3) is 0 Å². The predicted molar refractivity (Wildman–Crippen MR) is 122 cm³/mol. The first kappa shape index (κ1) is 21.1. The van der Waals surface area contributed by atoms with Crippen LogP contribution in [0.1, 0.15) is 49.3 Å². The van der Waals surface area contributed by atoms with Crippen LogP contribution < -0.4 is 4.74 Å². The molecule has 1 unspecified atom stereocenters. The van der Waals surface area contributed by atoms with Gasteiger partial charge in [0.15, 0.2) is 5.60 Å². The van der Waals surface area contributed by atoms with Crippen molar-refractivity contribution in [1.29, 1.82) is 0 Å². The first-order valence-electron chi connectivity index (χ1n) is 10.8. The van der Waals surface area contributed by atoms with Crippen molar-refractivity contribution in [3.8, 4) is 16.9 Å². The summed E-state index contributed by atoms with van der Waals surface area (Å²) >= 11 is 0. The maximum atomic E-state index is 11.8. The van der Waals surface area contributed by atoms with E-state index in [9.17, 15) is 9.90 Å². The molecule has 3 aromatic rings. The molecule has 0 aliphatic heterocycles. The maximum Gasteiger partial charge on any atom is 0.340 e. The second-order valence-corrected chi connectivity index (χ2v) is 8.08. The third-order valence-electron chi connectivity index (χ3n) is 6.05. The molecule has 4 rings (SSSR count). The Morgan fingerprint density at radius 2 is 1.48 bits per heavy atom. The molecule has 0 saturated carbocycles. The maximum absolute atomic E-state index is 11.8. The van der Waals surface area contributed by atoms with Crippen LogP contribution in [0.25, 0.3) is 11.1 Å². The zero-order chi connectivity index (χ0) is 21.8. The molecule has 1 aliphatic rings. The third-order valence-corrected chi connectivity index (χ3v) is 6.05. The summed E-state index contributed by atoms with van der Waals surface area (Å²) in [7, 11) is 0. The second kappa shape index (κ2) is 8.94. The Balaban J connectivity index is 1.43. The molecule has 0 saturated heterocycles. The van der Waals surface area contributed by atoms with Crippen LogP contribution in [0.5, 0.6) is 5.75 Å². The zero-order valence-electron chi connectivity index (χ0n) is 18.0. The lowest BCUT2D eigenvalue weighted by molar-refractivity contribution is -0.165. The lowest BCUT2D eigenvalue weighted by Crippen LogP contribution is -2.35. The molecule has 0 spiro atoms. The van der Waals surface area contributed by atoms with Crippen molar-refractivity contribution < 1.29 is 19.4 Å². The summed E-state index contributed by atoms with van der Waals surface area (Å²) in [6.07, 6.45) is 1.64. The summed E-state index contributed by atoms with van der Waals surface area (Å²) in [4.78, 5) is 11.8. The van der Waals surface area contributed by atoms with Gasteiger partial charge in [-0.2, -0.15) is 0 Å². The highest BCUT2D eigenvalue weighted by atomic mass is 16.5. The molecule has 31 heavy (non-hydrogen) atoms. The molecule has 3 aromatic carbocycles. The van der Waals surface area contributed by atoms with E-state index >= 15 is 0 Å². The van der Waals surface area contributed by atoms with Crippen LogP contribution in [0.4, 0.5) is 0 Å². The van der Waals surface area contributed by atoms with Crippen LogP contribution in [0.2, 0.25) is 0 Å². The van der Waals surface area contributed by atoms with Gasteiger partial charge in [-0.15, -0.1) is 0 Å². The van der Waals surface area contributed by atoms with Gasteiger partial charge in [0.1, 0.15) is 5.75 Å². The third kappa shape index (κ3) is 4.08. The molecule has 4 heteroatoms. The van der Waals surface area contributed by atoms with Gasteiger partial charge >= 0.3 is 5.97 Å². The minimum Gasteiger partial charge on any atom is -0.494 e. The molecular formula is C27H28O4. The number of rotatable bonds is 9. The number of hydrogen-bond acceptors (Lipinski definition) is 3. The van der Waals surface area contributed by atoms with E-state index in [1.54, 1.807) is 19.1 Å². The van der Waals surface area contributed by atoms with Gasteiger partial charge in [-0.25, -0.2) is 4.79 Å². The summed E-state index contributed by atoms with van der Waals surface area (Å²) in [5, 5.41) is 9.65. The number of carbonyl (C=O) groups is 1. The molecule has 1 aliphatic carbocycles. The van der Waals surface area contributed by atoms with Crippen LogP contribution >= 0.6 is 0 Å². The van der Waals surface area contributed by atoms with E-state index < -0.39 is 11.6 Å². The van der Waals surface area contributed by atoms with Crippen LogP contribution in [-0.2, 0) is 15.1 Å². The van der Waals surface area contributed by atoms with Crippen molar-refractivity contribution in [2.45, 2.75) is 38.2 Å². The summed E-state index contributed by atoms with van der Waals surface area (Å²) in [5.41, 5.74) is 4.59. The van der Waals surface area contributed by atoms with Crippen molar-refractivity contribution in [3.63, 3.8) is 0 Å². The first-order chi connectivity index (χ1) is 15.0. The van der Waals surface area contributed by atoms with E-state index in [2.05, 4.69) is 48.5 Å². The van der Waals surface area contributed by atoms with Gasteiger partial charge in [-0.05, 0) is 59.7 Å². The Hall–Kier alpha value is -3.11. The fraction of sp³-hybridized carbons (Fsp3) is 0.296. The molecule has 0 fully saturated rings. The first-order valence-corrected chi connectivity index (χ1v) is 10.8. The molecular weight excluding hydrogens is 388 g/mol. The standard InChI is InChI=1S/C27H28O4/c1-3-17-31-27(2,26(28)29)19-12-14-20(15-13-19)30-18-16-25-23-10-6-4-8-21(23)22-9-5-7-11-24(22)25/h4-15,25H,3,16-18H2,1-2H3,(H,28,29). The van der Waals surface area contributed by atoms with Crippen LogP contribution in [-0.4, -0.2) is 24.3 Å². The van der Waals surface area contributed by atoms with Crippen LogP contribution in [0.15, 0.2) is 72.8 Å². The summed E-state index contributed by atoms with van der Waals surface area (Å²) in [6.45, 7) is 4.52. The summed E-state index contributed by atoms with van der Waals surface area (Å²) in [6, 6.07) is 24.4. The number of ether oxygens (including phenoxy) is 2. The van der Waals surface area contributed by atoms with Crippen molar-refractivity contribution in [1.82, 2.24) is 0 Å². The zero-order valence-corrected chi connectivity index (χ0v) is 18.0. The molecule has 0 amide bonds. The molecule has 0 aromatic heterocycles. The van der Waals surface area contributed by atoms with E-state index in [-0.39, 0.29) is 0 Å². The number of fused-ring (bicyclic) bond motifs is 3. The van der Waals surface area contributed by atoms with Crippen molar-refractivity contribution in [2.75, 3.05) is 13.2 Å². The lowest BCUT2D eigenvalue weighted by atomic mass is 9.94. The fourth-order valence-corrected chi connectivity index (χ4v) is 4.31. The molecule has 4 nitrogen and oxygen atoms in total. The number of hydrogen-bond donors (Lipinski definition) is 1. The Labute approximate surface area is 183 Å². The normalized spacial score (nSPS) is 14.5. The van der Waals surface area contributed by atoms with Crippen molar-refractivity contribution in [3.05, 3.63) is 89.5 Å². The highest BCUT2D eigenvalue weighted by Gasteiger charge is 2.36. The largest absolute Gasteiger partial charge is 0.494 e. The molecule has 0 radical (unpaired) electrons. The Bertz CT molecular complexity index is 1010. The summed E-state index contributed by atoms with van der Waals surface area (Å²) < 4.78 is 11.7. The Kier molecular flexibility index (Phi) is 6.10. The van der Waals surface area contributed by atoms with Gasteiger partial charge < -0.3 is 14.6 Å². The molecule has 0 bridgehead atoms. The fourth-order valence-electron chi connectivity index (χ4n) is 4.31. The predicted octanol–water partition coefficient (Wildman–Crippen LogP) is 5.99. The summed E-state index contributed by atoms with van der Waals surface area (Å²) in [5.74, 6) is 0.0594. The van der Waals surface area contributed by atoms with Gasteiger partial charge in [-0.1, -0.05) is 67.6 Å². The number of benzene rings is 3. The molecule has 0 heterocycles. The average Bonchev–Trinajstić information content (AvgIpc) is 3.12. The van der Waals surface area contributed by atoms with Crippen LogP contribution in [0, 0.1) is 0 Å². The smallest absolute Gasteiger partial charge is 0.340 e. The molecule has 1 N–H and O–H groups in total. The Morgan fingerprint density at radius 1 is 0.903 bits per heavy atom. The quantitative estimate of drug-likeness (QED) is 0.465. The van der Waals surface area contributed by atoms with Gasteiger partial charge in [-0.3, -0.25) is 0 Å². The van der Waals surface area contributed by atoms with Gasteiger partial charge in [0, 0.05) is 12.5 Å². The molecule has 160 valence electrons. The Morgan fingerprint density at radius 3 is 2.03 bits per heavy atom.